The molecule has 0 aromatic heterocycles. The average Bonchev–Trinajstić information content (AvgIpc) is 2.88. The Morgan fingerprint density at radius 3 is 2.00 bits per heavy atom. The van der Waals surface area contributed by atoms with E-state index in [9.17, 15) is 14.4 Å². The summed E-state index contributed by atoms with van der Waals surface area (Å²) in [7, 11) is 0. The first kappa shape index (κ1) is 27.6. The second-order valence-corrected chi connectivity index (χ2v) is 11.1. The molecule has 204 valence electrons. The smallest absolute Gasteiger partial charge is 0.410 e. The van der Waals surface area contributed by atoms with Crippen molar-refractivity contribution in [2.75, 3.05) is 39.3 Å². The van der Waals surface area contributed by atoms with Crippen LogP contribution in [0, 0.1) is 0 Å². The lowest BCUT2D eigenvalue weighted by atomic mass is 9.82. The van der Waals surface area contributed by atoms with Gasteiger partial charge in [0.1, 0.15) is 12.2 Å². The summed E-state index contributed by atoms with van der Waals surface area (Å²) in [6.45, 7) is 9.85. The molecule has 4 rings (SSSR count). The summed E-state index contributed by atoms with van der Waals surface area (Å²) < 4.78 is 10.8. The van der Waals surface area contributed by atoms with Crippen molar-refractivity contribution in [3.63, 3.8) is 0 Å². The number of benzene rings is 2. The van der Waals surface area contributed by atoms with Crippen LogP contribution in [0.1, 0.15) is 51.2 Å². The summed E-state index contributed by atoms with van der Waals surface area (Å²) in [5.41, 5.74) is 1.77. The molecule has 2 aliphatic heterocycles. The fourth-order valence-electron chi connectivity index (χ4n) is 5.52. The van der Waals surface area contributed by atoms with Crippen LogP contribution in [0.15, 0.2) is 60.7 Å². The average molecular weight is 522 g/mol. The van der Waals surface area contributed by atoms with Gasteiger partial charge in [-0.1, -0.05) is 60.7 Å². The van der Waals surface area contributed by atoms with Gasteiger partial charge in [-0.3, -0.25) is 14.5 Å². The number of carbonyl (C=O) groups excluding carboxylic acids is 3. The molecule has 2 atom stereocenters. The number of hydrogen-bond acceptors (Lipinski definition) is 6. The zero-order chi connectivity index (χ0) is 27.3. The second-order valence-electron chi connectivity index (χ2n) is 11.1. The van der Waals surface area contributed by atoms with Crippen molar-refractivity contribution >= 4 is 18.0 Å². The van der Waals surface area contributed by atoms with E-state index in [4.69, 9.17) is 9.47 Å². The molecule has 2 saturated heterocycles. The number of amides is 2. The molecule has 8 nitrogen and oxygen atoms in total. The first-order chi connectivity index (χ1) is 18.1. The second kappa shape index (κ2) is 12.0. The molecule has 0 bridgehead atoms. The van der Waals surface area contributed by atoms with Crippen LogP contribution in [0.3, 0.4) is 0 Å². The number of carbonyl (C=O) groups is 3. The molecular weight excluding hydrogens is 482 g/mol. The monoisotopic (exact) mass is 521 g/mol. The fraction of sp³-hybridized carbons (Fsp3) is 0.500. The summed E-state index contributed by atoms with van der Waals surface area (Å²) in [5.74, 6) is -0.394. The molecule has 2 fully saturated rings. The summed E-state index contributed by atoms with van der Waals surface area (Å²) >= 11 is 0. The van der Waals surface area contributed by atoms with Crippen LogP contribution >= 0.6 is 0 Å². The molecule has 0 aliphatic carbocycles. The van der Waals surface area contributed by atoms with E-state index in [-0.39, 0.29) is 43.0 Å². The van der Waals surface area contributed by atoms with Crippen LogP contribution in [0.5, 0.6) is 0 Å². The Kier molecular flexibility index (Phi) is 8.72. The summed E-state index contributed by atoms with van der Waals surface area (Å²) in [5, 5.41) is 0. The molecule has 0 N–H and O–H groups in total. The Labute approximate surface area is 225 Å². The van der Waals surface area contributed by atoms with Crippen LogP contribution in [0.25, 0.3) is 0 Å². The normalized spacial score (nSPS) is 20.1. The van der Waals surface area contributed by atoms with Gasteiger partial charge in [0.2, 0.25) is 5.91 Å². The van der Waals surface area contributed by atoms with Gasteiger partial charge < -0.3 is 19.3 Å². The van der Waals surface area contributed by atoms with Crippen molar-refractivity contribution < 1.29 is 23.9 Å². The third-order valence-corrected chi connectivity index (χ3v) is 7.12. The minimum absolute atomic E-state index is 0.00404. The molecule has 2 aliphatic rings. The molecule has 0 saturated carbocycles. The highest BCUT2D eigenvalue weighted by Crippen LogP contribution is 2.36. The molecule has 38 heavy (non-hydrogen) atoms. The van der Waals surface area contributed by atoms with Gasteiger partial charge in [0.25, 0.3) is 0 Å². The maximum atomic E-state index is 13.3. The zero-order valence-corrected chi connectivity index (χ0v) is 22.8. The molecular formula is C30H39N3O5. The molecule has 0 radical (unpaired) electrons. The van der Waals surface area contributed by atoms with Crippen LogP contribution in [-0.2, 0) is 19.1 Å². The largest absolute Gasteiger partial charge is 0.465 e. The SMILES string of the molecule is CC(=O)OCCC(=O)N1CCN2[C@@H](C1)CN(C(=O)OC(C)(C)C)C[C@H]2C(c1ccccc1)c1ccccc1. The first-order valence-electron chi connectivity index (χ1n) is 13.4. The number of esters is 1. The van der Waals surface area contributed by atoms with Crippen molar-refractivity contribution in [1.82, 2.24) is 14.7 Å². The molecule has 2 amide bonds. The highest BCUT2D eigenvalue weighted by atomic mass is 16.6. The van der Waals surface area contributed by atoms with E-state index in [2.05, 4.69) is 53.4 Å². The Balaban J connectivity index is 1.63. The van der Waals surface area contributed by atoms with Crippen molar-refractivity contribution in [1.29, 1.82) is 0 Å². The third kappa shape index (κ3) is 6.92. The van der Waals surface area contributed by atoms with E-state index in [0.29, 0.717) is 32.7 Å². The minimum atomic E-state index is -0.604. The van der Waals surface area contributed by atoms with Gasteiger partial charge >= 0.3 is 12.1 Å². The van der Waals surface area contributed by atoms with Gasteiger partial charge in [0, 0.05) is 57.6 Å². The van der Waals surface area contributed by atoms with Crippen molar-refractivity contribution in [2.45, 2.75) is 57.7 Å². The standard InChI is InChI=1S/C30H39N3O5/c1-22(34)37-18-15-27(35)31-16-17-33-25(19-31)20-32(29(36)38-30(2,3)4)21-26(33)28(23-11-7-5-8-12-23)24-13-9-6-10-14-24/h5-14,25-26,28H,15-21H2,1-4H3/t25-,26-/m0/s1. The van der Waals surface area contributed by atoms with E-state index in [0.717, 1.165) is 0 Å². The quantitative estimate of drug-likeness (QED) is 0.537. The number of hydrogen-bond donors (Lipinski definition) is 0. The highest BCUT2D eigenvalue weighted by molar-refractivity contribution is 5.77. The van der Waals surface area contributed by atoms with Gasteiger partial charge in [0.05, 0.1) is 6.42 Å². The summed E-state index contributed by atoms with van der Waals surface area (Å²) in [6.07, 6.45) is -0.178. The van der Waals surface area contributed by atoms with Gasteiger partial charge in [-0.2, -0.15) is 0 Å². The molecule has 2 heterocycles. The lowest BCUT2D eigenvalue weighted by Crippen LogP contribution is -2.68. The molecule has 0 spiro atoms. The fourth-order valence-corrected chi connectivity index (χ4v) is 5.52. The van der Waals surface area contributed by atoms with Crippen molar-refractivity contribution in [2.24, 2.45) is 0 Å². The van der Waals surface area contributed by atoms with Crippen LogP contribution < -0.4 is 0 Å². The van der Waals surface area contributed by atoms with Crippen LogP contribution in [0.4, 0.5) is 4.79 Å². The summed E-state index contributed by atoms with van der Waals surface area (Å²) in [4.78, 5) is 43.5. The van der Waals surface area contributed by atoms with E-state index in [1.54, 1.807) is 0 Å². The first-order valence-corrected chi connectivity index (χ1v) is 13.4. The molecule has 2 aromatic rings. The molecule has 0 unspecified atom stereocenters. The van der Waals surface area contributed by atoms with Crippen molar-refractivity contribution in [3.8, 4) is 0 Å². The highest BCUT2D eigenvalue weighted by Gasteiger charge is 2.44. The predicted molar refractivity (Wildman–Crippen MR) is 145 cm³/mol. The van der Waals surface area contributed by atoms with Crippen molar-refractivity contribution in [3.05, 3.63) is 71.8 Å². The van der Waals surface area contributed by atoms with Gasteiger partial charge in [-0.25, -0.2) is 4.79 Å². The maximum Gasteiger partial charge on any atom is 0.410 e. The van der Waals surface area contributed by atoms with E-state index in [1.807, 2.05) is 42.7 Å². The molecule has 8 heteroatoms. The van der Waals surface area contributed by atoms with Crippen LogP contribution in [-0.4, -0.2) is 89.7 Å². The number of piperazine rings is 2. The zero-order valence-electron chi connectivity index (χ0n) is 22.8. The van der Waals surface area contributed by atoms with E-state index in [1.165, 1.54) is 18.1 Å². The van der Waals surface area contributed by atoms with E-state index < -0.39 is 11.6 Å². The van der Waals surface area contributed by atoms with E-state index >= 15 is 0 Å². The summed E-state index contributed by atoms with van der Waals surface area (Å²) in [6, 6.07) is 20.8. The Hall–Kier alpha value is -3.39. The number of ether oxygens (including phenoxy) is 2. The number of nitrogens with zero attached hydrogens (tertiary/aromatic N) is 3. The van der Waals surface area contributed by atoms with Gasteiger partial charge in [0.15, 0.2) is 0 Å². The third-order valence-electron chi connectivity index (χ3n) is 7.12. The molecule has 2 aromatic carbocycles. The van der Waals surface area contributed by atoms with Gasteiger partial charge in [-0.05, 0) is 31.9 Å². The number of fused-ring (bicyclic) bond motifs is 1. The van der Waals surface area contributed by atoms with Crippen LogP contribution in [0.2, 0.25) is 0 Å². The topological polar surface area (TPSA) is 79.4 Å². The van der Waals surface area contributed by atoms with Gasteiger partial charge in [-0.15, -0.1) is 0 Å². The Morgan fingerprint density at radius 1 is 0.868 bits per heavy atom. The number of rotatable bonds is 6. The Bertz CT molecular complexity index is 1060. The predicted octanol–water partition coefficient (Wildman–Crippen LogP) is 3.90. The minimum Gasteiger partial charge on any atom is -0.465 e. The lowest BCUT2D eigenvalue weighted by molar-refractivity contribution is -0.144. The maximum absolute atomic E-state index is 13.3. The lowest BCUT2D eigenvalue weighted by Gasteiger charge is -2.53. The Morgan fingerprint density at radius 2 is 1.45 bits per heavy atom.